The fourth-order valence-corrected chi connectivity index (χ4v) is 3.10. The van der Waals surface area contributed by atoms with Crippen molar-refractivity contribution >= 4 is 0 Å². The predicted octanol–water partition coefficient (Wildman–Crippen LogP) is 2.99. The molecule has 3 heteroatoms. The molecule has 1 saturated carbocycles. The lowest BCUT2D eigenvalue weighted by Crippen LogP contribution is -2.36. The molecular formula is C15H24N2O. The first-order chi connectivity index (χ1) is 8.74. The molecule has 0 spiro atoms. The van der Waals surface area contributed by atoms with Crippen LogP contribution in [0.15, 0.2) is 18.5 Å². The molecule has 0 radical (unpaired) electrons. The van der Waals surface area contributed by atoms with Crippen molar-refractivity contribution in [3.05, 3.63) is 29.6 Å². The first kappa shape index (κ1) is 13.5. The van der Waals surface area contributed by atoms with Gasteiger partial charge in [-0.2, -0.15) is 0 Å². The van der Waals surface area contributed by atoms with Crippen LogP contribution in [0.4, 0.5) is 0 Å². The summed E-state index contributed by atoms with van der Waals surface area (Å²) >= 11 is 0. The van der Waals surface area contributed by atoms with Crippen LogP contribution in [-0.4, -0.2) is 18.2 Å². The molecule has 0 bridgehead atoms. The molecule has 1 heterocycles. The average molecular weight is 248 g/mol. The SMILES string of the molecule is COC(C1CCCCC1)C(N)c1cnccc1C. The van der Waals surface area contributed by atoms with Gasteiger partial charge in [-0.3, -0.25) is 4.98 Å². The smallest absolute Gasteiger partial charge is 0.0792 e. The summed E-state index contributed by atoms with van der Waals surface area (Å²) in [6, 6.07) is 1.95. The van der Waals surface area contributed by atoms with Crippen LogP contribution in [-0.2, 0) is 4.74 Å². The molecule has 0 aliphatic heterocycles. The Kier molecular flexibility index (Phi) is 4.72. The fraction of sp³-hybridized carbons (Fsp3) is 0.667. The van der Waals surface area contributed by atoms with Gasteiger partial charge in [0.25, 0.3) is 0 Å². The Bertz CT molecular complexity index is 375. The molecule has 2 unspecified atom stereocenters. The Morgan fingerprint density at radius 1 is 1.33 bits per heavy atom. The zero-order valence-electron chi connectivity index (χ0n) is 11.4. The summed E-state index contributed by atoms with van der Waals surface area (Å²) in [7, 11) is 1.78. The second kappa shape index (κ2) is 6.30. The number of aryl methyl sites for hydroxylation is 1. The van der Waals surface area contributed by atoms with Crippen molar-refractivity contribution in [1.29, 1.82) is 0 Å². The van der Waals surface area contributed by atoms with Crippen molar-refractivity contribution in [2.75, 3.05) is 7.11 Å². The lowest BCUT2D eigenvalue weighted by molar-refractivity contribution is 0.0171. The average Bonchev–Trinajstić information content (AvgIpc) is 2.41. The zero-order chi connectivity index (χ0) is 13.0. The molecule has 0 saturated heterocycles. The highest BCUT2D eigenvalue weighted by molar-refractivity contribution is 5.26. The molecule has 0 aromatic carbocycles. The van der Waals surface area contributed by atoms with Crippen molar-refractivity contribution < 1.29 is 4.74 Å². The van der Waals surface area contributed by atoms with Gasteiger partial charge in [0, 0.05) is 19.5 Å². The number of ether oxygens (including phenoxy) is 1. The highest BCUT2D eigenvalue weighted by Crippen LogP contribution is 2.33. The molecule has 2 N–H and O–H groups in total. The van der Waals surface area contributed by atoms with E-state index in [1.807, 2.05) is 18.5 Å². The maximum Gasteiger partial charge on any atom is 0.0792 e. The quantitative estimate of drug-likeness (QED) is 0.891. The first-order valence-corrected chi connectivity index (χ1v) is 6.93. The Morgan fingerprint density at radius 2 is 2.06 bits per heavy atom. The summed E-state index contributed by atoms with van der Waals surface area (Å²) in [6.45, 7) is 2.09. The van der Waals surface area contributed by atoms with Gasteiger partial charge in [0.1, 0.15) is 0 Å². The summed E-state index contributed by atoms with van der Waals surface area (Å²) in [5.74, 6) is 0.596. The van der Waals surface area contributed by atoms with Crippen LogP contribution in [0.3, 0.4) is 0 Å². The van der Waals surface area contributed by atoms with Crippen molar-refractivity contribution in [3.8, 4) is 0 Å². The molecule has 18 heavy (non-hydrogen) atoms. The highest BCUT2D eigenvalue weighted by Gasteiger charge is 2.30. The summed E-state index contributed by atoms with van der Waals surface area (Å²) < 4.78 is 5.71. The summed E-state index contributed by atoms with van der Waals surface area (Å²) in [5.41, 5.74) is 8.74. The van der Waals surface area contributed by atoms with Crippen LogP contribution in [0.25, 0.3) is 0 Å². The molecule has 1 aliphatic rings. The van der Waals surface area contributed by atoms with Gasteiger partial charge in [-0.05, 0) is 42.9 Å². The van der Waals surface area contributed by atoms with E-state index in [-0.39, 0.29) is 12.1 Å². The van der Waals surface area contributed by atoms with E-state index in [9.17, 15) is 0 Å². The van der Waals surface area contributed by atoms with Gasteiger partial charge in [-0.15, -0.1) is 0 Å². The number of pyridine rings is 1. The number of nitrogens with two attached hydrogens (primary N) is 1. The van der Waals surface area contributed by atoms with E-state index >= 15 is 0 Å². The van der Waals surface area contributed by atoms with Crippen LogP contribution in [0.2, 0.25) is 0 Å². The van der Waals surface area contributed by atoms with E-state index in [0.717, 1.165) is 5.56 Å². The molecule has 1 aliphatic carbocycles. The number of aromatic nitrogens is 1. The van der Waals surface area contributed by atoms with Crippen LogP contribution >= 0.6 is 0 Å². The largest absolute Gasteiger partial charge is 0.379 e. The number of nitrogens with zero attached hydrogens (tertiary/aromatic N) is 1. The lowest BCUT2D eigenvalue weighted by atomic mass is 9.81. The maximum atomic E-state index is 6.42. The van der Waals surface area contributed by atoms with E-state index in [2.05, 4.69) is 11.9 Å². The second-order valence-corrected chi connectivity index (χ2v) is 5.36. The summed E-state index contributed by atoms with van der Waals surface area (Å²) in [4.78, 5) is 4.19. The normalized spacial score (nSPS) is 20.6. The third-order valence-corrected chi connectivity index (χ3v) is 4.18. The van der Waals surface area contributed by atoms with Gasteiger partial charge in [0.05, 0.1) is 12.1 Å². The lowest BCUT2D eigenvalue weighted by Gasteiger charge is -2.33. The third-order valence-electron chi connectivity index (χ3n) is 4.18. The first-order valence-electron chi connectivity index (χ1n) is 6.93. The van der Waals surface area contributed by atoms with Crippen molar-refractivity contribution in [2.24, 2.45) is 11.7 Å². The molecule has 1 aromatic heterocycles. The minimum absolute atomic E-state index is 0.0631. The van der Waals surface area contributed by atoms with Gasteiger partial charge in [0.15, 0.2) is 0 Å². The standard InChI is InChI=1S/C15H24N2O/c1-11-8-9-17-10-13(11)14(16)15(18-2)12-6-4-3-5-7-12/h8-10,12,14-15H,3-7,16H2,1-2H3. The van der Waals surface area contributed by atoms with Crippen LogP contribution < -0.4 is 5.73 Å². The monoisotopic (exact) mass is 248 g/mol. The molecule has 2 rings (SSSR count). The molecular weight excluding hydrogens is 224 g/mol. The van der Waals surface area contributed by atoms with Crippen molar-refractivity contribution in [2.45, 2.75) is 51.2 Å². The van der Waals surface area contributed by atoms with E-state index in [1.54, 1.807) is 7.11 Å². The molecule has 3 nitrogen and oxygen atoms in total. The van der Waals surface area contributed by atoms with Gasteiger partial charge in [-0.1, -0.05) is 19.3 Å². The second-order valence-electron chi connectivity index (χ2n) is 5.36. The topological polar surface area (TPSA) is 48.1 Å². The number of rotatable bonds is 4. The Labute approximate surface area is 110 Å². The summed E-state index contributed by atoms with van der Waals surface area (Å²) in [6.07, 6.45) is 10.3. The number of hydrogen-bond acceptors (Lipinski definition) is 3. The summed E-state index contributed by atoms with van der Waals surface area (Å²) in [5, 5.41) is 0. The molecule has 100 valence electrons. The van der Waals surface area contributed by atoms with E-state index < -0.39 is 0 Å². The van der Waals surface area contributed by atoms with Crippen molar-refractivity contribution in [3.63, 3.8) is 0 Å². The fourth-order valence-electron chi connectivity index (χ4n) is 3.10. The highest BCUT2D eigenvalue weighted by atomic mass is 16.5. The predicted molar refractivity (Wildman–Crippen MR) is 73.3 cm³/mol. The molecule has 1 fully saturated rings. The number of hydrogen-bond donors (Lipinski definition) is 1. The van der Waals surface area contributed by atoms with Crippen LogP contribution in [0.5, 0.6) is 0 Å². The maximum absolute atomic E-state index is 6.42. The Hall–Kier alpha value is -0.930. The third kappa shape index (κ3) is 2.90. The minimum atomic E-state index is -0.0631. The van der Waals surface area contributed by atoms with Crippen LogP contribution in [0.1, 0.15) is 49.3 Å². The van der Waals surface area contributed by atoms with Gasteiger partial charge >= 0.3 is 0 Å². The minimum Gasteiger partial charge on any atom is -0.379 e. The van der Waals surface area contributed by atoms with Crippen LogP contribution in [0, 0.1) is 12.8 Å². The zero-order valence-corrected chi connectivity index (χ0v) is 11.4. The Balaban J connectivity index is 2.14. The number of methoxy groups -OCH3 is 1. The van der Waals surface area contributed by atoms with E-state index in [4.69, 9.17) is 10.5 Å². The Morgan fingerprint density at radius 3 is 2.67 bits per heavy atom. The van der Waals surface area contributed by atoms with E-state index in [1.165, 1.54) is 37.7 Å². The van der Waals surface area contributed by atoms with Gasteiger partial charge < -0.3 is 10.5 Å². The van der Waals surface area contributed by atoms with Gasteiger partial charge in [0.2, 0.25) is 0 Å². The van der Waals surface area contributed by atoms with Gasteiger partial charge in [-0.25, -0.2) is 0 Å². The molecule has 0 amide bonds. The molecule has 1 aromatic rings. The van der Waals surface area contributed by atoms with E-state index in [0.29, 0.717) is 5.92 Å². The molecule has 2 atom stereocenters. The van der Waals surface area contributed by atoms with Crippen molar-refractivity contribution in [1.82, 2.24) is 4.98 Å².